The Balaban J connectivity index is 2.37. The lowest BCUT2D eigenvalue weighted by atomic mass is 10.1. The summed E-state index contributed by atoms with van der Waals surface area (Å²) in [5.74, 6) is -0.283. The molecular weight excluding hydrogens is 232 g/mol. The van der Waals surface area contributed by atoms with Gasteiger partial charge in [0, 0.05) is 32.2 Å². The first-order valence-corrected chi connectivity index (χ1v) is 5.86. The maximum Gasteiger partial charge on any atom is 0.226 e. The first-order valence-electron chi connectivity index (χ1n) is 5.86. The molecule has 0 saturated carbocycles. The Morgan fingerprint density at radius 2 is 1.89 bits per heavy atom. The fourth-order valence-corrected chi connectivity index (χ4v) is 1.46. The van der Waals surface area contributed by atoms with Gasteiger partial charge in [-0.2, -0.15) is 0 Å². The zero-order valence-electron chi connectivity index (χ0n) is 10.4. The molecule has 98 valence electrons. The van der Waals surface area contributed by atoms with Gasteiger partial charge in [-0.3, -0.25) is 9.59 Å². The second-order valence-corrected chi connectivity index (χ2v) is 3.95. The maximum atomic E-state index is 11.5. The monoisotopic (exact) mass is 250 g/mol. The maximum absolute atomic E-state index is 11.5. The lowest BCUT2D eigenvalue weighted by molar-refractivity contribution is -0.119. The zero-order valence-corrected chi connectivity index (χ0v) is 10.4. The summed E-state index contributed by atoms with van der Waals surface area (Å²) >= 11 is 0. The van der Waals surface area contributed by atoms with Crippen LogP contribution in [0.4, 0.5) is 5.69 Å². The summed E-state index contributed by atoms with van der Waals surface area (Å²) in [4.78, 5) is 22.1. The van der Waals surface area contributed by atoms with Crippen molar-refractivity contribution < 1.29 is 14.7 Å². The molecule has 3 N–H and O–H groups in total. The van der Waals surface area contributed by atoms with Crippen molar-refractivity contribution in [2.75, 3.05) is 18.5 Å². The van der Waals surface area contributed by atoms with E-state index in [1.54, 1.807) is 12.1 Å². The Labute approximate surface area is 106 Å². The van der Waals surface area contributed by atoms with Crippen LogP contribution in [0, 0.1) is 0 Å². The molecule has 0 heterocycles. The van der Waals surface area contributed by atoms with Crippen molar-refractivity contribution in [3.8, 4) is 0 Å². The Hall–Kier alpha value is -1.88. The van der Waals surface area contributed by atoms with Crippen LogP contribution >= 0.6 is 0 Å². The van der Waals surface area contributed by atoms with E-state index in [-0.39, 0.29) is 24.8 Å². The smallest absolute Gasteiger partial charge is 0.226 e. The van der Waals surface area contributed by atoms with Crippen molar-refractivity contribution >= 4 is 17.5 Å². The van der Waals surface area contributed by atoms with E-state index in [9.17, 15) is 9.59 Å². The highest BCUT2D eigenvalue weighted by Crippen LogP contribution is 2.10. The van der Waals surface area contributed by atoms with Gasteiger partial charge in [0.25, 0.3) is 0 Å². The third-order valence-electron chi connectivity index (χ3n) is 2.36. The number of aliphatic hydroxyl groups excluding tert-OH is 1. The molecule has 1 rings (SSSR count). The summed E-state index contributed by atoms with van der Waals surface area (Å²) in [5.41, 5.74) is 1.73. The quantitative estimate of drug-likeness (QED) is 0.695. The molecule has 0 aliphatic rings. The molecular formula is C13H18N2O3. The normalized spacial score (nSPS) is 9.89. The van der Waals surface area contributed by atoms with E-state index in [1.165, 1.54) is 6.92 Å². The number of hydrogen-bond acceptors (Lipinski definition) is 3. The second-order valence-electron chi connectivity index (χ2n) is 3.95. The molecule has 0 bridgehead atoms. The number of nitrogens with one attached hydrogen (secondary N) is 2. The molecule has 2 amide bonds. The molecule has 5 heteroatoms. The van der Waals surface area contributed by atoms with Crippen LogP contribution in [0.1, 0.15) is 18.9 Å². The summed E-state index contributed by atoms with van der Waals surface area (Å²) in [6.45, 7) is 1.87. The summed E-state index contributed by atoms with van der Waals surface area (Å²) in [5, 5.41) is 14.1. The highest BCUT2D eigenvalue weighted by Gasteiger charge is 2.02. The molecule has 0 unspecified atom stereocenters. The van der Waals surface area contributed by atoms with E-state index in [4.69, 9.17) is 5.11 Å². The highest BCUT2D eigenvalue weighted by atomic mass is 16.3. The number of hydrogen-bond donors (Lipinski definition) is 3. The fourth-order valence-electron chi connectivity index (χ4n) is 1.46. The van der Waals surface area contributed by atoms with Crippen LogP contribution < -0.4 is 10.6 Å². The van der Waals surface area contributed by atoms with Gasteiger partial charge >= 0.3 is 0 Å². The van der Waals surface area contributed by atoms with Gasteiger partial charge in [-0.1, -0.05) is 12.1 Å². The SMILES string of the molecule is CC(=O)NCCC(=O)Nc1ccc(CCO)cc1. The van der Waals surface area contributed by atoms with Crippen molar-refractivity contribution in [3.05, 3.63) is 29.8 Å². The molecule has 0 fully saturated rings. The van der Waals surface area contributed by atoms with Gasteiger partial charge in [-0.05, 0) is 24.1 Å². The van der Waals surface area contributed by atoms with Gasteiger partial charge in [0.2, 0.25) is 11.8 Å². The van der Waals surface area contributed by atoms with Crippen LogP contribution in [0.25, 0.3) is 0 Å². The molecule has 0 saturated heterocycles. The van der Waals surface area contributed by atoms with Crippen molar-refractivity contribution in [3.63, 3.8) is 0 Å². The number of aliphatic hydroxyl groups is 1. The summed E-state index contributed by atoms with van der Waals surface area (Å²) in [6.07, 6.45) is 0.856. The number of carbonyl (C=O) groups excluding carboxylic acids is 2. The van der Waals surface area contributed by atoms with Crippen LogP contribution in [0.15, 0.2) is 24.3 Å². The van der Waals surface area contributed by atoms with Crippen LogP contribution in [0.2, 0.25) is 0 Å². The average Bonchev–Trinajstić information content (AvgIpc) is 2.31. The summed E-state index contributed by atoms with van der Waals surface area (Å²) in [6, 6.07) is 7.31. The number of anilines is 1. The zero-order chi connectivity index (χ0) is 13.4. The van der Waals surface area contributed by atoms with Crippen molar-refractivity contribution in [1.82, 2.24) is 5.32 Å². The van der Waals surface area contributed by atoms with Crippen LogP contribution in [0.3, 0.4) is 0 Å². The Kier molecular flexibility index (Phi) is 5.87. The molecule has 0 aliphatic carbocycles. The minimum atomic E-state index is -0.142. The topological polar surface area (TPSA) is 78.4 Å². The third kappa shape index (κ3) is 5.45. The molecule has 18 heavy (non-hydrogen) atoms. The van der Waals surface area contributed by atoms with Gasteiger partial charge < -0.3 is 15.7 Å². The van der Waals surface area contributed by atoms with E-state index in [1.807, 2.05) is 12.1 Å². The van der Waals surface area contributed by atoms with E-state index in [0.29, 0.717) is 18.7 Å². The highest BCUT2D eigenvalue weighted by molar-refractivity contribution is 5.91. The molecule has 0 atom stereocenters. The number of rotatable bonds is 6. The van der Waals surface area contributed by atoms with E-state index in [0.717, 1.165) is 5.56 Å². The Morgan fingerprint density at radius 3 is 2.44 bits per heavy atom. The Morgan fingerprint density at radius 1 is 1.22 bits per heavy atom. The van der Waals surface area contributed by atoms with Gasteiger partial charge in [0.15, 0.2) is 0 Å². The Bertz CT molecular complexity index is 401. The number of amides is 2. The molecule has 0 spiro atoms. The molecule has 1 aromatic rings. The number of benzene rings is 1. The minimum absolute atomic E-state index is 0.114. The lowest BCUT2D eigenvalue weighted by Gasteiger charge is -2.06. The predicted octanol–water partition coefficient (Wildman–Crippen LogP) is 0.686. The molecule has 5 nitrogen and oxygen atoms in total. The van der Waals surface area contributed by atoms with Crippen molar-refractivity contribution in [2.45, 2.75) is 19.8 Å². The van der Waals surface area contributed by atoms with Gasteiger partial charge in [0.1, 0.15) is 0 Å². The predicted molar refractivity (Wildman–Crippen MR) is 69.2 cm³/mol. The minimum Gasteiger partial charge on any atom is -0.396 e. The summed E-state index contributed by atoms with van der Waals surface area (Å²) < 4.78 is 0. The van der Waals surface area contributed by atoms with Crippen LogP contribution in [-0.2, 0) is 16.0 Å². The van der Waals surface area contributed by atoms with E-state index < -0.39 is 0 Å². The van der Waals surface area contributed by atoms with Crippen molar-refractivity contribution in [2.24, 2.45) is 0 Å². The van der Waals surface area contributed by atoms with E-state index in [2.05, 4.69) is 10.6 Å². The van der Waals surface area contributed by atoms with Crippen LogP contribution in [-0.4, -0.2) is 30.1 Å². The van der Waals surface area contributed by atoms with Gasteiger partial charge in [0.05, 0.1) is 0 Å². The number of carbonyl (C=O) groups is 2. The standard InChI is InChI=1S/C13H18N2O3/c1-10(17)14-8-6-13(18)15-12-4-2-11(3-5-12)7-9-16/h2-5,16H,6-9H2,1H3,(H,14,17)(H,15,18). The first-order chi connectivity index (χ1) is 8.61. The van der Waals surface area contributed by atoms with Crippen molar-refractivity contribution in [1.29, 1.82) is 0 Å². The first kappa shape index (κ1) is 14.2. The second kappa shape index (κ2) is 7.45. The molecule has 0 aliphatic heterocycles. The third-order valence-corrected chi connectivity index (χ3v) is 2.36. The van der Waals surface area contributed by atoms with Gasteiger partial charge in [-0.15, -0.1) is 0 Å². The fraction of sp³-hybridized carbons (Fsp3) is 0.385. The largest absolute Gasteiger partial charge is 0.396 e. The molecule has 0 radical (unpaired) electrons. The molecule has 0 aromatic heterocycles. The average molecular weight is 250 g/mol. The lowest BCUT2D eigenvalue weighted by Crippen LogP contribution is -2.25. The van der Waals surface area contributed by atoms with Gasteiger partial charge in [-0.25, -0.2) is 0 Å². The summed E-state index contributed by atoms with van der Waals surface area (Å²) in [7, 11) is 0. The van der Waals surface area contributed by atoms with Crippen LogP contribution in [0.5, 0.6) is 0 Å². The van der Waals surface area contributed by atoms with E-state index >= 15 is 0 Å². The molecule has 1 aromatic carbocycles.